The van der Waals surface area contributed by atoms with E-state index in [2.05, 4.69) is 4.98 Å². The molecule has 1 heterocycles. The monoisotopic (exact) mass is 259 g/mol. The van der Waals surface area contributed by atoms with E-state index in [1.54, 1.807) is 23.6 Å². The van der Waals surface area contributed by atoms with Crippen molar-refractivity contribution in [3.63, 3.8) is 0 Å². The first-order valence-electron chi connectivity index (χ1n) is 4.56. The molecule has 0 atom stereocenters. The Labute approximate surface area is 124 Å². The fourth-order valence-electron chi connectivity index (χ4n) is 1.31. The SMILES string of the molecule is O=C([O-])Cc1nc(-c2ccccc2F)cs1.[Na+]. The van der Waals surface area contributed by atoms with Crippen LogP contribution in [0.2, 0.25) is 0 Å². The third kappa shape index (κ3) is 3.61. The van der Waals surface area contributed by atoms with Gasteiger partial charge >= 0.3 is 29.6 Å². The molecule has 2 rings (SSSR count). The molecule has 0 bridgehead atoms. The second-order valence-corrected chi connectivity index (χ2v) is 4.10. The molecule has 0 N–H and O–H groups in total. The van der Waals surface area contributed by atoms with Gasteiger partial charge in [0.05, 0.1) is 10.7 Å². The average molecular weight is 259 g/mol. The first-order valence-corrected chi connectivity index (χ1v) is 5.44. The molecule has 0 spiro atoms. The van der Waals surface area contributed by atoms with E-state index in [0.717, 1.165) is 0 Å². The van der Waals surface area contributed by atoms with Crippen LogP contribution < -0.4 is 34.7 Å². The van der Waals surface area contributed by atoms with E-state index in [1.165, 1.54) is 17.4 Å². The van der Waals surface area contributed by atoms with Crippen LogP contribution in [0.25, 0.3) is 11.3 Å². The molecule has 0 radical (unpaired) electrons. The van der Waals surface area contributed by atoms with E-state index in [4.69, 9.17) is 0 Å². The molecule has 17 heavy (non-hydrogen) atoms. The van der Waals surface area contributed by atoms with E-state index < -0.39 is 5.97 Å². The number of aromatic nitrogens is 1. The molecule has 6 heteroatoms. The maximum Gasteiger partial charge on any atom is 1.00 e. The van der Waals surface area contributed by atoms with Gasteiger partial charge in [0.1, 0.15) is 5.82 Å². The van der Waals surface area contributed by atoms with Crippen molar-refractivity contribution in [2.24, 2.45) is 0 Å². The van der Waals surface area contributed by atoms with Gasteiger partial charge in [-0.25, -0.2) is 9.37 Å². The molecule has 0 saturated carbocycles. The molecule has 2 aromatic rings. The van der Waals surface area contributed by atoms with Crippen molar-refractivity contribution in [3.8, 4) is 11.3 Å². The molecule has 1 aromatic carbocycles. The maximum absolute atomic E-state index is 13.4. The van der Waals surface area contributed by atoms with Crippen LogP contribution in [0, 0.1) is 5.82 Å². The zero-order chi connectivity index (χ0) is 11.5. The van der Waals surface area contributed by atoms with Crippen molar-refractivity contribution in [1.82, 2.24) is 4.98 Å². The van der Waals surface area contributed by atoms with Gasteiger partial charge in [0, 0.05) is 23.3 Å². The van der Waals surface area contributed by atoms with Gasteiger partial charge < -0.3 is 9.90 Å². The molecule has 0 fully saturated rings. The molecular weight excluding hydrogens is 252 g/mol. The Hall–Kier alpha value is -0.750. The Morgan fingerprint density at radius 3 is 2.76 bits per heavy atom. The molecular formula is C11H7FNNaO2S. The Balaban J connectivity index is 0.00000144. The van der Waals surface area contributed by atoms with E-state index >= 15 is 0 Å². The number of hydrogen-bond acceptors (Lipinski definition) is 4. The second kappa shape index (κ2) is 6.26. The number of carboxylic acids is 1. The van der Waals surface area contributed by atoms with Gasteiger partial charge in [-0.1, -0.05) is 12.1 Å². The topological polar surface area (TPSA) is 53.0 Å². The quantitative estimate of drug-likeness (QED) is 0.614. The largest absolute Gasteiger partial charge is 1.00 e. The summed E-state index contributed by atoms with van der Waals surface area (Å²) in [6.07, 6.45) is -0.237. The maximum atomic E-state index is 13.4. The van der Waals surface area contributed by atoms with Crippen LogP contribution in [-0.4, -0.2) is 11.0 Å². The van der Waals surface area contributed by atoms with Gasteiger partial charge in [-0.2, -0.15) is 0 Å². The number of carboxylic acid groups (broad SMARTS) is 1. The predicted octanol–water partition coefficient (Wildman–Crippen LogP) is -1.75. The van der Waals surface area contributed by atoms with Crippen LogP contribution in [0.1, 0.15) is 5.01 Å². The molecule has 0 amide bonds. The van der Waals surface area contributed by atoms with Crippen molar-refractivity contribution in [1.29, 1.82) is 0 Å². The standard InChI is InChI=1S/C11H8FNO2S.Na/c12-8-4-2-1-3-7(8)9-6-16-10(13-9)5-11(14)15;/h1-4,6H,5H2,(H,14,15);/q;+1/p-1. The minimum atomic E-state index is -1.19. The Morgan fingerprint density at radius 2 is 2.12 bits per heavy atom. The van der Waals surface area contributed by atoms with Gasteiger partial charge in [-0.3, -0.25) is 0 Å². The van der Waals surface area contributed by atoms with Crippen LogP contribution in [0.15, 0.2) is 29.6 Å². The Bertz CT molecular complexity index is 530. The van der Waals surface area contributed by atoms with Crippen LogP contribution in [0.3, 0.4) is 0 Å². The first kappa shape index (κ1) is 14.3. The third-order valence-electron chi connectivity index (χ3n) is 2.00. The van der Waals surface area contributed by atoms with Crippen molar-refractivity contribution in [3.05, 3.63) is 40.5 Å². The molecule has 0 aliphatic rings. The van der Waals surface area contributed by atoms with Crippen molar-refractivity contribution in [2.45, 2.75) is 6.42 Å². The number of carbonyl (C=O) groups excluding carboxylic acids is 1. The average Bonchev–Trinajstić information content (AvgIpc) is 2.66. The van der Waals surface area contributed by atoms with Gasteiger partial charge in [0.15, 0.2) is 0 Å². The van der Waals surface area contributed by atoms with E-state index in [9.17, 15) is 14.3 Å². The predicted molar refractivity (Wildman–Crippen MR) is 56.2 cm³/mol. The molecule has 0 saturated heterocycles. The minimum Gasteiger partial charge on any atom is -0.550 e. The first-order chi connectivity index (χ1) is 7.66. The van der Waals surface area contributed by atoms with Gasteiger partial charge in [-0.05, 0) is 12.1 Å². The second-order valence-electron chi connectivity index (χ2n) is 3.16. The van der Waals surface area contributed by atoms with Crippen LogP contribution in [-0.2, 0) is 11.2 Å². The summed E-state index contributed by atoms with van der Waals surface area (Å²) in [5, 5.41) is 12.4. The smallest absolute Gasteiger partial charge is 0.550 e. The van der Waals surface area contributed by atoms with E-state index in [1.807, 2.05) is 0 Å². The zero-order valence-electron chi connectivity index (χ0n) is 9.14. The summed E-state index contributed by atoms with van der Waals surface area (Å²) in [5.41, 5.74) is 0.836. The van der Waals surface area contributed by atoms with Gasteiger partial charge in [-0.15, -0.1) is 11.3 Å². The summed E-state index contributed by atoms with van der Waals surface area (Å²) in [4.78, 5) is 14.4. The number of hydrogen-bond donors (Lipinski definition) is 0. The summed E-state index contributed by atoms with van der Waals surface area (Å²) in [6.45, 7) is 0. The van der Waals surface area contributed by atoms with Gasteiger partial charge in [0.25, 0.3) is 0 Å². The van der Waals surface area contributed by atoms with Crippen molar-refractivity contribution in [2.75, 3.05) is 0 Å². The fourth-order valence-corrected chi connectivity index (χ4v) is 2.09. The van der Waals surface area contributed by atoms with Crippen molar-refractivity contribution >= 4 is 17.3 Å². The molecule has 0 aliphatic heterocycles. The summed E-state index contributed by atoms with van der Waals surface area (Å²) in [5.74, 6) is -1.55. The normalized spacial score (nSPS) is 9.71. The summed E-state index contributed by atoms with van der Waals surface area (Å²) in [7, 11) is 0. The van der Waals surface area contributed by atoms with E-state index in [0.29, 0.717) is 16.3 Å². The van der Waals surface area contributed by atoms with Crippen LogP contribution >= 0.6 is 11.3 Å². The Morgan fingerprint density at radius 1 is 1.41 bits per heavy atom. The number of nitrogens with zero attached hydrogens (tertiary/aromatic N) is 1. The minimum absolute atomic E-state index is 0. The molecule has 82 valence electrons. The molecule has 0 unspecified atom stereocenters. The van der Waals surface area contributed by atoms with Gasteiger partial charge in [0.2, 0.25) is 0 Å². The van der Waals surface area contributed by atoms with Crippen LogP contribution in [0.5, 0.6) is 0 Å². The number of benzene rings is 1. The summed E-state index contributed by atoms with van der Waals surface area (Å²) >= 11 is 1.18. The number of aliphatic carboxylic acids is 1. The number of thiazole rings is 1. The molecule has 0 aliphatic carbocycles. The fraction of sp³-hybridized carbons (Fsp3) is 0.0909. The van der Waals surface area contributed by atoms with E-state index in [-0.39, 0.29) is 41.8 Å². The third-order valence-corrected chi connectivity index (χ3v) is 2.85. The zero-order valence-corrected chi connectivity index (χ0v) is 12.0. The van der Waals surface area contributed by atoms with Crippen LogP contribution in [0.4, 0.5) is 4.39 Å². The molecule has 3 nitrogen and oxygen atoms in total. The number of halogens is 1. The Kier molecular flexibility index (Phi) is 5.27. The number of carbonyl (C=O) groups is 1. The van der Waals surface area contributed by atoms with Crippen molar-refractivity contribution < 1.29 is 43.8 Å². The number of rotatable bonds is 3. The molecule has 1 aromatic heterocycles. The summed E-state index contributed by atoms with van der Waals surface area (Å²) in [6, 6.07) is 6.24. The summed E-state index contributed by atoms with van der Waals surface area (Å²) < 4.78 is 13.4.